The minimum atomic E-state index is -0.994. The summed E-state index contributed by atoms with van der Waals surface area (Å²) in [5.74, 6) is -1.26. The lowest BCUT2D eigenvalue weighted by Gasteiger charge is -2.17. The summed E-state index contributed by atoms with van der Waals surface area (Å²) < 4.78 is 10.0. The summed E-state index contributed by atoms with van der Waals surface area (Å²) >= 11 is 0. The van der Waals surface area contributed by atoms with Crippen LogP contribution >= 0.6 is 0 Å². The molecule has 2 aromatic rings. The largest absolute Gasteiger partial charge is 0.474 e. The first kappa shape index (κ1) is 19.9. The molecule has 8 nitrogen and oxygen atoms in total. The second-order valence-electron chi connectivity index (χ2n) is 5.95. The number of hydrogen-bond acceptors (Lipinski definition) is 6. The van der Waals surface area contributed by atoms with Gasteiger partial charge in [0.15, 0.2) is 11.9 Å². The second-order valence-corrected chi connectivity index (χ2v) is 5.95. The number of carbonyl (C=O) groups is 2. The van der Waals surface area contributed by atoms with Gasteiger partial charge < -0.3 is 14.8 Å². The number of benzene rings is 2. The first-order valence-corrected chi connectivity index (χ1v) is 8.15. The third kappa shape index (κ3) is 4.60. The van der Waals surface area contributed by atoms with E-state index in [1.165, 1.54) is 26.2 Å². The predicted molar refractivity (Wildman–Crippen MR) is 99.1 cm³/mol. The molecule has 8 heteroatoms. The molecular formula is C19H20N2O6. The summed E-state index contributed by atoms with van der Waals surface area (Å²) in [7, 11) is 1.18. The Kier molecular flexibility index (Phi) is 6.12. The molecule has 142 valence electrons. The van der Waals surface area contributed by atoms with Crippen LogP contribution in [0.25, 0.3) is 0 Å². The minimum Gasteiger partial charge on any atom is -0.474 e. The quantitative estimate of drug-likeness (QED) is 0.473. The van der Waals surface area contributed by atoms with Crippen LogP contribution in [0, 0.1) is 24.0 Å². The minimum absolute atomic E-state index is 0.0178. The summed E-state index contributed by atoms with van der Waals surface area (Å²) in [4.78, 5) is 34.6. The number of aryl methyl sites for hydroxylation is 2. The number of ether oxygens (including phenoxy) is 2. The van der Waals surface area contributed by atoms with Gasteiger partial charge in [-0.1, -0.05) is 18.2 Å². The van der Waals surface area contributed by atoms with Crippen LogP contribution in [0.5, 0.6) is 5.75 Å². The van der Waals surface area contributed by atoms with Crippen LogP contribution in [0.15, 0.2) is 36.4 Å². The van der Waals surface area contributed by atoms with Gasteiger partial charge in [0, 0.05) is 11.8 Å². The summed E-state index contributed by atoms with van der Waals surface area (Å²) in [6.07, 6.45) is -0.994. The van der Waals surface area contributed by atoms with Gasteiger partial charge in [0.1, 0.15) is 0 Å². The van der Waals surface area contributed by atoms with Crippen LogP contribution in [0.4, 0.5) is 11.4 Å². The van der Waals surface area contributed by atoms with E-state index >= 15 is 0 Å². The van der Waals surface area contributed by atoms with Crippen molar-refractivity contribution < 1.29 is 24.0 Å². The first-order valence-electron chi connectivity index (χ1n) is 8.15. The van der Waals surface area contributed by atoms with Crippen molar-refractivity contribution in [3.63, 3.8) is 0 Å². The van der Waals surface area contributed by atoms with E-state index in [4.69, 9.17) is 4.74 Å². The fourth-order valence-electron chi connectivity index (χ4n) is 2.48. The monoisotopic (exact) mass is 372 g/mol. The Labute approximate surface area is 156 Å². The maximum absolute atomic E-state index is 12.4. The molecule has 0 aliphatic carbocycles. The number of nitro groups is 1. The van der Waals surface area contributed by atoms with Crippen LogP contribution in [0.3, 0.4) is 0 Å². The van der Waals surface area contributed by atoms with Crippen LogP contribution in [-0.2, 0) is 9.53 Å². The van der Waals surface area contributed by atoms with Gasteiger partial charge in [-0.3, -0.25) is 14.9 Å². The van der Waals surface area contributed by atoms with Crippen molar-refractivity contribution in [1.29, 1.82) is 0 Å². The van der Waals surface area contributed by atoms with Crippen molar-refractivity contribution in [3.05, 3.63) is 63.2 Å². The number of methoxy groups -OCH3 is 1. The number of rotatable bonds is 6. The van der Waals surface area contributed by atoms with Gasteiger partial charge in [-0.25, -0.2) is 4.79 Å². The number of anilines is 1. The average molecular weight is 372 g/mol. The average Bonchev–Trinajstić information content (AvgIpc) is 2.64. The van der Waals surface area contributed by atoms with Gasteiger partial charge in [0.2, 0.25) is 0 Å². The molecule has 0 saturated carbocycles. The third-order valence-corrected chi connectivity index (χ3v) is 3.98. The van der Waals surface area contributed by atoms with Gasteiger partial charge in [-0.2, -0.15) is 0 Å². The molecule has 0 spiro atoms. The standard InChI is InChI=1S/C19H20N2O6/c1-11-6-5-7-12(2)17(11)20-18(22)13(3)27-16-9-8-14(19(23)26-4)10-15(16)21(24)25/h5-10,13H,1-4H3,(H,20,22)/t13-/m0/s1. The molecule has 0 bridgehead atoms. The van der Waals surface area contributed by atoms with E-state index in [0.29, 0.717) is 5.69 Å². The molecule has 1 N–H and O–H groups in total. The molecule has 0 heterocycles. The van der Waals surface area contributed by atoms with E-state index in [9.17, 15) is 19.7 Å². The van der Waals surface area contributed by atoms with Crippen molar-refractivity contribution >= 4 is 23.3 Å². The van der Waals surface area contributed by atoms with Gasteiger partial charge in [-0.15, -0.1) is 0 Å². The zero-order chi connectivity index (χ0) is 20.1. The highest BCUT2D eigenvalue weighted by molar-refractivity contribution is 5.95. The number of carbonyl (C=O) groups excluding carboxylic acids is 2. The zero-order valence-corrected chi connectivity index (χ0v) is 15.4. The fraction of sp³-hybridized carbons (Fsp3) is 0.263. The van der Waals surface area contributed by atoms with Crippen LogP contribution in [0.1, 0.15) is 28.4 Å². The van der Waals surface area contributed by atoms with Crippen molar-refractivity contribution in [2.75, 3.05) is 12.4 Å². The topological polar surface area (TPSA) is 108 Å². The van der Waals surface area contributed by atoms with Crippen LogP contribution < -0.4 is 10.1 Å². The summed E-state index contributed by atoms with van der Waals surface area (Å²) in [6, 6.07) is 9.27. The Morgan fingerprint density at radius 2 is 1.78 bits per heavy atom. The van der Waals surface area contributed by atoms with E-state index < -0.39 is 28.6 Å². The number of hydrogen-bond donors (Lipinski definition) is 1. The molecule has 2 rings (SSSR count). The molecule has 0 aliphatic heterocycles. The molecule has 1 amide bonds. The van der Waals surface area contributed by atoms with Crippen LogP contribution in [0.2, 0.25) is 0 Å². The van der Waals surface area contributed by atoms with Crippen molar-refractivity contribution in [3.8, 4) is 5.75 Å². The maximum Gasteiger partial charge on any atom is 0.338 e. The number of para-hydroxylation sites is 1. The van der Waals surface area contributed by atoms with Gasteiger partial charge in [-0.05, 0) is 44.0 Å². The highest BCUT2D eigenvalue weighted by Gasteiger charge is 2.24. The van der Waals surface area contributed by atoms with Crippen LogP contribution in [-0.4, -0.2) is 30.0 Å². The number of amides is 1. The Morgan fingerprint density at radius 3 is 2.33 bits per heavy atom. The number of nitro benzene ring substituents is 1. The number of esters is 1. The molecule has 0 aromatic heterocycles. The van der Waals surface area contributed by atoms with E-state index in [1.54, 1.807) is 0 Å². The molecule has 2 aromatic carbocycles. The Hall–Kier alpha value is -3.42. The van der Waals surface area contributed by atoms with Gasteiger partial charge >= 0.3 is 11.7 Å². The summed E-state index contributed by atoms with van der Waals surface area (Å²) in [6.45, 7) is 5.22. The predicted octanol–water partition coefficient (Wildman–Crippen LogP) is 3.40. The molecule has 0 unspecified atom stereocenters. The summed E-state index contributed by atoms with van der Waals surface area (Å²) in [5.41, 5.74) is 2.05. The fourth-order valence-corrected chi connectivity index (χ4v) is 2.48. The van der Waals surface area contributed by atoms with E-state index in [2.05, 4.69) is 10.1 Å². The molecule has 0 aliphatic rings. The van der Waals surface area contributed by atoms with E-state index in [1.807, 2.05) is 32.0 Å². The lowest BCUT2D eigenvalue weighted by molar-refractivity contribution is -0.386. The molecule has 0 radical (unpaired) electrons. The lowest BCUT2D eigenvalue weighted by Crippen LogP contribution is -2.30. The second kappa shape index (κ2) is 8.31. The van der Waals surface area contributed by atoms with Crippen molar-refractivity contribution in [2.24, 2.45) is 0 Å². The SMILES string of the molecule is COC(=O)c1ccc(O[C@@H](C)C(=O)Nc2c(C)cccc2C)c([N+](=O)[O-])c1. The highest BCUT2D eigenvalue weighted by Crippen LogP contribution is 2.29. The van der Waals surface area contributed by atoms with E-state index in [0.717, 1.165) is 17.2 Å². The number of nitrogens with zero attached hydrogens (tertiary/aromatic N) is 1. The Morgan fingerprint density at radius 1 is 1.15 bits per heavy atom. The molecule has 1 atom stereocenters. The Balaban J connectivity index is 2.21. The highest BCUT2D eigenvalue weighted by atomic mass is 16.6. The first-order chi connectivity index (χ1) is 12.7. The molecule has 0 saturated heterocycles. The van der Waals surface area contributed by atoms with Crippen molar-refractivity contribution in [2.45, 2.75) is 26.9 Å². The van der Waals surface area contributed by atoms with Crippen molar-refractivity contribution in [1.82, 2.24) is 0 Å². The maximum atomic E-state index is 12.4. The summed E-state index contributed by atoms with van der Waals surface area (Å²) in [5, 5.41) is 14.1. The van der Waals surface area contributed by atoms with Gasteiger partial charge in [0.05, 0.1) is 17.6 Å². The number of nitrogens with one attached hydrogen (secondary N) is 1. The normalized spacial score (nSPS) is 11.4. The molecule has 27 heavy (non-hydrogen) atoms. The van der Waals surface area contributed by atoms with Gasteiger partial charge in [0.25, 0.3) is 5.91 Å². The Bertz CT molecular complexity index is 874. The third-order valence-electron chi connectivity index (χ3n) is 3.98. The molecule has 0 fully saturated rings. The molecular weight excluding hydrogens is 352 g/mol. The lowest BCUT2D eigenvalue weighted by atomic mass is 10.1. The van der Waals surface area contributed by atoms with E-state index in [-0.39, 0.29) is 11.3 Å². The zero-order valence-electron chi connectivity index (χ0n) is 15.4. The smallest absolute Gasteiger partial charge is 0.338 e.